The van der Waals surface area contributed by atoms with Gasteiger partial charge in [0.05, 0.1) is 12.1 Å². The number of hydrogen-bond donors (Lipinski definition) is 1. The molecule has 4 rings (SSSR count). The number of hydrogen-bond acceptors (Lipinski definition) is 6. The van der Waals surface area contributed by atoms with Crippen LogP contribution in [0.4, 0.5) is 13.2 Å². The molecule has 0 radical (unpaired) electrons. The van der Waals surface area contributed by atoms with Crippen molar-refractivity contribution in [2.75, 3.05) is 6.54 Å². The van der Waals surface area contributed by atoms with Gasteiger partial charge in [0.25, 0.3) is 0 Å². The fraction of sp³-hybridized carbons (Fsp3) is 0.333. The molecule has 1 fully saturated rings. The second-order valence-corrected chi connectivity index (χ2v) is 7.24. The molecule has 0 amide bonds. The number of aromatic nitrogens is 2. The van der Waals surface area contributed by atoms with Crippen LogP contribution >= 0.6 is 0 Å². The third kappa shape index (κ3) is 5.17. The Balaban J connectivity index is 1.47. The Labute approximate surface area is 170 Å². The van der Waals surface area contributed by atoms with Gasteiger partial charge in [-0.3, -0.25) is 4.90 Å². The fourth-order valence-electron chi connectivity index (χ4n) is 3.64. The molecule has 0 bridgehead atoms. The predicted molar refractivity (Wildman–Crippen MR) is 100 cm³/mol. The molecule has 0 aliphatic carbocycles. The summed E-state index contributed by atoms with van der Waals surface area (Å²) in [6.07, 6.45) is -4.40. The lowest BCUT2D eigenvalue weighted by Crippen LogP contribution is -2.24. The lowest BCUT2D eigenvalue weighted by Gasteiger charge is -2.21. The van der Waals surface area contributed by atoms with Crippen molar-refractivity contribution in [1.82, 2.24) is 15.0 Å². The topological polar surface area (TPSA) is 71.6 Å². The van der Waals surface area contributed by atoms with Crippen LogP contribution in [0.2, 0.25) is 0 Å². The van der Waals surface area contributed by atoms with Crippen molar-refractivity contribution in [3.05, 3.63) is 77.4 Å². The van der Waals surface area contributed by atoms with E-state index in [9.17, 15) is 18.3 Å². The van der Waals surface area contributed by atoms with E-state index in [1.807, 2.05) is 35.2 Å². The van der Waals surface area contributed by atoms with Gasteiger partial charge in [-0.05, 0) is 29.7 Å². The summed E-state index contributed by atoms with van der Waals surface area (Å²) in [7, 11) is 0. The number of halogens is 3. The quantitative estimate of drug-likeness (QED) is 0.654. The maximum Gasteiger partial charge on any atom is 0.573 e. The normalized spacial score (nSPS) is 19.9. The van der Waals surface area contributed by atoms with Crippen molar-refractivity contribution >= 4 is 0 Å². The highest BCUT2D eigenvalue weighted by atomic mass is 19.4. The van der Waals surface area contributed by atoms with Crippen molar-refractivity contribution in [2.45, 2.75) is 37.9 Å². The van der Waals surface area contributed by atoms with Gasteiger partial charge in [-0.2, -0.15) is 4.98 Å². The lowest BCUT2D eigenvalue weighted by atomic mass is 10.1. The van der Waals surface area contributed by atoms with Crippen LogP contribution in [0.3, 0.4) is 0 Å². The first kappa shape index (κ1) is 20.4. The minimum Gasteiger partial charge on any atom is -0.406 e. The van der Waals surface area contributed by atoms with Crippen LogP contribution in [0.5, 0.6) is 5.75 Å². The van der Waals surface area contributed by atoms with E-state index < -0.39 is 12.5 Å². The standard InChI is InChI=1S/C21H20F3N3O3/c22-21(23,24)29-17-8-4-7-15(9-17)12-27-13-16(28)11-18(27)20-25-19(26-30-20)10-14-5-2-1-3-6-14/h1-9,16,18,28H,10-13H2/t16-,18+/m1/s1. The number of likely N-dealkylation sites (tertiary alicyclic amines) is 1. The number of aliphatic hydroxyl groups excluding tert-OH is 1. The van der Waals surface area contributed by atoms with Crippen LogP contribution in [0, 0.1) is 0 Å². The van der Waals surface area contributed by atoms with Crippen molar-refractivity contribution in [1.29, 1.82) is 0 Å². The van der Waals surface area contributed by atoms with Gasteiger partial charge in [0.1, 0.15) is 5.75 Å². The number of alkyl halides is 3. The molecule has 30 heavy (non-hydrogen) atoms. The maximum atomic E-state index is 12.5. The summed E-state index contributed by atoms with van der Waals surface area (Å²) in [4.78, 5) is 6.39. The average molecular weight is 419 g/mol. The molecule has 158 valence electrons. The second kappa shape index (κ2) is 8.45. The Kier molecular flexibility index (Phi) is 5.74. The monoisotopic (exact) mass is 419 g/mol. The molecule has 2 heterocycles. The summed E-state index contributed by atoms with van der Waals surface area (Å²) < 4.78 is 46.9. The molecule has 1 aliphatic heterocycles. The summed E-state index contributed by atoms with van der Waals surface area (Å²) in [6.45, 7) is 0.665. The Hall–Kier alpha value is -2.91. The third-order valence-electron chi connectivity index (χ3n) is 4.87. The van der Waals surface area contributed by atoms with Gasteiger partial charge in [-0.1, -0.05) is 47.6 Å². The number of rotatable bonds is 6. The molecule has 1 aliphatic rings. The first-order valence-electron chi connectivity index (χ1n) is 9.49. The number of aliphatic hydroxyl groups is 1. The first-order valence-corrected chi connectivity index (χ1v) is 9.49. The molecule has 1 aromatic heterocycles. The highest BCUT2D eigenvalue weighted by molar-refractivity contribution is 5.29. The van der Waals surface area contributed by atoms with Gasteiger partial charge < -0.3 is 14.4 Å². The van der Waals surface area contributed by atoms with E-state index in [0.29, 0.717) is 43.2 Å². The molecule has 3 aromatic rings. The first-order chi connectivity index (χ1) is 14.4. The van der Waals surface area contributed by atoms with E-state index in [4.69, 9.17) is 4.52 Å². The minimum absolute atomic E-state index is 0.278. The zero-order chi connectivity index (χ0) is 21.1. The van der Waals surface area contributed by atoms with Gasteiger partial charge in [-0.15, -0.1) is 13.2 Å². The molecule has 0 spiro atoms. The van der Waals surface area contributed by atoms with Gasteiger partial charge in [-0.25, -0.2) is 0 Å². The Morgan fingerprint density at radius 2 is 1.87 bits per heavy atom. The highest BCUT2D eigenvalue weighted by Gasteiger charge is 2.36. The van der Waals surface area contributed by atoms with Crippen LogP contribution in [0.25, 0.3) is 0 Å². The van der Waals surface area contributed by atoms with Crippen molar-refractivity contribution in [3.8, 4) is 5.75 Å². The van der Waals surface area contributed by atoms with E-state index in [-0.39, 0.29) is 11.8 Å². The number of benzene rings is 2. The average Bonchev–Trinajstić information content (AvgIpc) is 3.28. The summed E-state index contributed by atoms with van der Waals surface area (Å²) >= 11 is 0. The summed E-state index contributed by atoms with van der Waals surface area (Å²) in [5.41, 5.74) is 1.68. The van der Waals surface area contributed by atoms with E-state index >= 15 is 0 Å². The molecule has 0 unspecified atom stereocenters. The van der Waals surface area contributed by atoms with Gasteiger partial charge in [0.15, 0.2) is 5.82 Å². The van der Waals surface area contributed by atoms with E-state index in [1.54, 1.807) is 6.07 Å². The van der Waals surface area contributed by atoms with Crippen LogP contribution in [-0.4, -0.2) is 39.2 Å². The molecule has 9 heteroatoms. The molecule has 0 saturated carbocycles. The molecular formula is C21H20F3N3O3. The largest absolute Gasteiger partial charge is 0.573 e. The molecule has 2 aromatic carbocycles. The van der Waals surface area contributed by atoms with Gasteiger partial charge in [0.2, 0.25) is 5.89 Å². The molecule has 1 saturated heterocycles. The lowest BCUT2D eigenvalue weighted by molar-refractivity contribution is -0.274. The Bertz CT molecular complexity index is 978. The number of ether oxygens (including phenoxy) is 1. The maximum absolute atomic E-state index is 12.5. The Morgan fingerprint density at radius 1 is 1.10 bits per heavy atom. The van der Waals surface area contributed by atoms with Crippen LogP contribution in [-0.2, 0) is 13.0 Å². The van der Waals surface area contributed by atoms with Crippen molar-refractivity contribution in [3.63, 3.8) is 0 Å². The van der Waals surface area contributed by atoms with E-state index in [1.165, 1.54) is 18.2 Å². The van der Waals surface area contributed by atoms with Crippen molar-refractivity contribution < 1.29 is 27.5 Å². The molecule has 1 N–H and O–H groups in total. The van der Waals surface area contributed by atoms with Gasteiger partial charge in [0, 0.05) is 19.5 Å². The van der Waals surface area contributed by atoms with E-state index in [2.05, 4.69) is 14.9 Å². The van der Waals surface area contributed by atoms with Crippen LogP contribution in [0.15, 0.2) is 59.1 Å². The summed E-state index contributed by atoms with van der Waals surface area (Å²) in [5, 5.41) is 14.2. The van der Waals surface area contributed by atoms with Gasteiger partial charge >= 0.3 is 6.36 Å². The predicted octanol–water partition coefficient (Wildman–Crippen LogP) is 3.87. The summed E-state index contributed by atoms with van der Waals surface area (Å²) in [5.74, 6) is 0.650. The molecular weight excluding hydrogens is 399 g/mol. The third-order valence-corrected chi connectivity index (χ3v) is 4.87. The fourth-order valence-corrected chi connectivity index (χ4v) is 3.64. The zero-order valence-corrected chi connectivity index (χ0v) is 15.9. The number of nitrogens with zero attached hydrogens (tertiary/aromatic N) is 3. The second-order valence-electron chi connectivity index (χ2n) is 7.24. The van der Waals surface area contributed by atoms with Crippen molar-refractivity contribution in [2.24, 2.45) is 0 Å². The smallest absolute Gasteiger partial charge is 0.406 e. The van der Waals surface area contributed by atoms with E-state index in [0.717, 1.165) is 5.56 Å². The molecule has 2 atom stereocenters. The van der Waals surface area contributed by atoms with Crippen LogP contribution in [0.1, 0.15) is 35.3 Å². The molecule has 6 nitrogen and oxygen atoms in total. The van der Waals surface area contributed by atoms with Crippen LogP contribution < -0.4 is 4.74 Å². The highest BCUT2D eigenvalue weighted by Crippen LogP contribution is 2.33. The SMILES string of the molecule is O[C@@H]1C[C@@H](c2nc(Cc3ccccc3)no2)N(Cc2cccc(OC(F)(F)F)c2)C1. The zero-order valence-electron chi connectivity index (χ0n) is 15.9. The number of β-amino-alcohol motifs (C(OH)–C–C–N with tert-alkyl or cyclic N) is 1. The minimum atomic E-state index is -4.75. The Morgan fingerprint density at radius 3 is 2.63 bits per heavy atom. The summed E-state index contributed by atoms with van der Waals surface area (Å²) in [6, 6.07) is 15.2.